The number of aryl methyl sites for hydroxylation is 12. The summed E-state index contributed by atoms with van der Waals surface area (Å²) in [6, 6.07) is 96.5. The molecule has 0 unspecified atom stereocenters. The van der Waals surface area contributed by atoms with Gasteiger partial charge < -0.3 is 0 Å². The second kappa shape index (κ2) is 32.5. The first-order chi connectivity index (χ1) is 46.5. The van der Waals surface area contributed by atoms with Crippen LogP contribution in [-0.2, 0) is 22.7 Å². The Balaban J connectivity index is 0.000000157. The summed E-state index contributed by atoms with van der Waals surface area (Å²) >= 11 is 0. The first-order valence-corrected chi connectivity index (χ1v) is 33.5. The Morgan fingerprint density at radius 1 is 0.245 bits per heavy atom. The number of rotatable bonds is 8. The average molecular weight is 1310 g/mol. The van der Waals surface area contributed by atoms with Crippen molar-refractivity contribution >= 4 is 0 Å². The molecule has 12 aromatic carbocycles. The molecule has 1 aliphatic carbocycles. The molecule has 0 saturated carbocycles. The molecule has 0 amide bonds. The van der Waals surface area contributed by atoms with Gasteiger partial charge in [0.25, 0.3) is 0 Å². The lowest BCUT2D eigenvalue weighted by Crippen LogP contribution is -2.54. The minimum atomic E-state index is -5.53. The number of fused-ring (bicyclic) bond motifs is 3. The summed E-state index contributed by atoms with van der Waals surface area (Å²) in [5, 5.41) is 0. The van der Waals surface area contributed by atoms with E-state index in [-0.39, 0.29) is 10.8 Å². The molecule has 0 aromatic heterocycles. The Bertz CT molecular complexity index is 4160. The highest BCUT2D eigenvalue weighted by Gasteiger charge is 2.72. The fourth-order valence-electron chi connectivity index (χ4n) is 12.4. The van der Waals surface area contributed by atoms with Crippen LogP contribution in [0.1, 0.15) is 136 Å². The van der Waals surface area contributed by atoms with Gasteiger partial charge in [-0.1, -0.05) is 372 Å². The monoisotopic (exact) mass is 1310 g/mol. The van der Waals surface area contributed by atoms with Gasteiger partial charge in [0, 0.05) is 5.41 Å². The van der Waals surface area contributed by atoms with Crippen LogP contribution in [0.15, 0.2) is 291 Å². The number of halogens is 6. The summed E-state index contributed by atoms with van der Waals surface area (Å²) in [5.41, 5.74) is 22.0. The van der Waals surface area contributed by atoms with Crippen molar-refractivity contribution in [3.8, 4) is 11.1 Å². The molecule has 12 aromatic rings. The van der Waals surface area contributed by atoms with Crippen LogP contribution in [-0.4, -0.2) is 12.4 Å². The molecule has 6 heteroatoms. The summed E-state index contributed by atoms with van der Waals surface area (Å²) in [6.07, 6.45) is -10.0. The lowest BCUT2D eigenvalue weighted by molar-refractivity contribution is -0.288. The fraction of sp³-hybridized carbons (Fsp3) is 0.217. The largest absolute Gasteiger partial charge is 0.411 e. The van der Waals surface area contributed by atoms with Crippen LogP contribution in [0, 0.1) is 83.1 Å². The van der Waals surface area contributed by atoms with E-state index in [1.807, 2.05) is 0 Å². The molecule has 502 valence electrons. The summed E-state index contributed by atoms with van der Waals surface area (Å²) < 4.78 is 82.3. The van der Waals surface area contributed by atoms with E-state index < -0.39 is 28.9 Å². The second-order valence-electron chi connectivity index (χ2n) is 26.9. The Kier molecular flexibility index (Phi) is 24.6. The predicted molar refractivity (Wildman–Crippen MR) is 400 cm³/mol. The number of hydrogen-bond donors (Lipinski definition) is 0. The molecule has 0 radical (unpaired) electrons. The van der Waals surface area contributed by atoms with Crippen LogP contribution in [0.25, 0.3) is 11.1 Å². The Morgan fingerprint density at radius 3 is 0.735 bits per heavy atom. The molecule has 0 heterocycles. The Labute approximate surface area is 579 Å². The van der Waals surface area contributed by atoms with Crippen LogP contribution in [0.2, 0.25) is 0 Å². The zero-order valence-corrected chi connectivity index (χ0v) is 59.2. The van der Waals surface area contributed by atoms with Gasteiger partial charge in [0.1, 0.15) is 0 Å². The van der Waals surface area contributed by atoms with E-state index in [0.29, 0.717) is 11.1 Å². The van der Waals surface area contributed by atoms with Gasteiger partial charge in [-0.2, -0.15) is 26.3 Å². The lowest BCUT2D eigenvalue weighted by atomic mass is 9.67. The van der Waals surface area contributed by atoms with E-state index in [1.54, 1.807) is 13.8 Å². The van der Waals surface area contributed by atoms with E-state index in [2.05, 4.69) is 326 Å². The van der Waals surface area contributed by atoms with Gasteiger partial charge in [0.15, 0.2) is 0 Å². The molecule has 13 rings (SSSR count). The van der Waals surface area contributed by atoms with Gasteiger partial charge in [-0.05, 0) is 156 Å². The Morgan fingerprint density at radius 2 is 0.480 bits per heavy atom. The van der Waals surface area contributed by atoms with Crippen molar-refractivity contribution in [3.05, 3.63) is 414 Å². The minimum Gasteiger partial charge on any atom is -0.169 e. The normalized spacial score (nSPS) is 12.0. The number of hydrogen-bond acceptors (Lipinski definition) is 0. The van der Waals surface area contributed by atoms with Crippen molar-refractivity contribution in [1.82, 2.24) is 0 Å². The van der Waals surface area contributed by atoms with Crippen LogP contribution in [0.4, 0.5) is 26.3 Å². The molecule has 0 saturated heterocycles. The van der Waals surface area contributed by atoms with Crippen molar-refractivity contribution in [2.24, 2.45) is 0 Å². The number of benzene rings is 12. The zero-order chi connectivity index (χ0) is 71.0. The zero-order valence-electron chi connectivity index (χ0n) is 59.2. The SMILES string of the molecule is Cc1ccc(C(C)(C)c2ccc(C)cc2)cc1.Cc1ccc(C(c2ccc(C)cc2)(C(F)(F)F)C(F)(F)F)cc1.Cc1ccc(C)cc1.Cc1ccc(C2(c3ccc(C)cc3)c3ccccc3-c3ccccc32)cc1.Cc1ccc(Cc2ccc(C)cc2)cc1.Cc1cccc(C)c1. The lowest BCUT2D eigenvalue weighted by Gasteiger charge is -2.38. The molecule has 0 aliphatic heterocycles. The third-order valence-electron chi connectivity index (χ3n) is 18.3. The molecule has 98 heavy (non-hydrogen) atoms. The third kappa shape index (κ3) is 18.1. The molecule has 1 aliphatic rings. The third-order valence-corrected chi connectivity index (χ3v) is 18.3. The first-order valence-electron chi connectivity index (χ1n) is 33.5. The highest BCUT2D eigenvalue weighted by atomic mass is 19.4. The van der Waals surface area contributed by atoms with Gasteiger partial charge >= 0.3 is 12.4 Å². The van der Waals surface area contributed by atoms with Crippen molar-refractivity contribution in [1.29, 1.82) is 0 Å². The topological polar surface area (TPSA) is 0 Å². The maximum absolute atomic E-state index is 13.7. The van der Waals surface area contributed by atoms with Crippen LogP contribution in [0.5, 0.6) is 0 Å². The molecule has 0 N–H and O–H groups in total. The highest BCUT2D eigenvalue weighted by Crippen LogP contribution is 2.57. The van der Waals surface area contributed by atoms with Crippen LogP contribution >= 0.6 is 0 Å². The standard InChI is InChI=1S/C27H22.C17H14F6.C17H20.C15H16.2C8H10/c1-19-11-15-21(16-12-19)27(22-17-13-20(2)14-18-22)25-9-5-3-7-23(25)24-8-4-6-10-26(24)27;1-11-3-7-13(8-4-11)15(16(18,19)20,17(21,22)23)14-9-5-12(2)6-10-14;1-13-5-9-15(10-6-13)17(3,4)16-11-7-14(2)8-12-16;1-12-3-7-14(8-4-12)11-15-9-5-13(2)6-10-15;1-7-3-5-8(2)6-4-7;1-7-4-3-5-8(2)6-7/h3-18H,1-2H3;3-10H,1-2H3;5-12H,1-4H3;3-10H,11H2,1-2H3;2*3-6H,1-2H3. The second-order valence-corrected chi connectivity index (χ2v) is 26.9. The summed E-state index contributed by atoms with van der Waals surface area (Å²) in [6.45, 7) is 29.0. The quantitative estimate of drug-likeness (QED) is 0.133. The van der Waals surface area contributed by atoms with Crippen molar-refractivity contribution in [3.63, 3.8) is 0 Å². The molecular formula is C92H92F6. The van der Waals surface area contributed by atoms with E-state index >= 15 is 0 Å². The molecule has 0 spiro atoms. The predicted octanol–water partition coefficient (Wildman–Crippen LogP) is 25.5. The van der Waals surface area contributed by atoms with Gasteiger partial charge in [0.2, 0.25) is 5.41 Å². The van der Waals surface area contributed by atoms with Gasteiger partial charge in [0.05, 0.1) is 5.41 Å². The van der Waals surface area contributed by atoms with Crippen molar-refractivity contribution < 1.29 is 26.3 Å². The van der Waals surface area contributed by atoms with Crippen molar-refractivity contribution in [2.75, 3.05) is 0 Å². The molecular weight excluding hydrogens is 1220 g/mol. The molecule has 0 nitrogen and oxygen atoms in total. The summed E-state index contributed by atoms with van der Waals surface area (Å²) in [4.78, 5) is 0. The summed E-state index contributed by atoms with van der Waals surface area (Å²) in [5.74, 6) is 0. The summed E-state index contributed by atoms with van der Waals surface area (Å²) in [7, 11) is 0. The number of alkyl halides is 6. The van der Waals surface area contributed by atoms with E-state index in [1.165, 1.54) is 136 Å². The van der Waals surface area contributed by atoms with Crippen LogP contribution < -0.4 is 0 Å². The first kappa shape index (κ1) is 74.0. The molecule has 0 bridgehead atoms. The Hall–Kier alpha value is -9.78. The average Bonchev–Trinajstić information content (AvgIpc) is 1.43. The maximum atomic E-state index is 13.7. The smallest absolute Gasteiger partial charge is 0.169 e. The van der Waals surface area contributed by atoms with Gasteiger partial charge in [-0.3, -0.25) is 0 Å². The molecule has 0 atom stereocenters. The van der Waals surface area contributed by atoms with Gasteiger partial charge in [-0.15, -0.1) is 0 Å². The van der Waals surface area contributed by atoms with Crippen molar-refractivity contribution in [2.45, 2.75) is 132 Å². The maximum Gasteiger partial charge on any atom is 0.411 e. The highest BCUT2D eigenvalue weighted by molar-refractivity contribution is 5.86. The fourth-order valence-corrected chi connectivity index (χ4v) is 12.4. The van der Waals surface area contributed by atoms with E-state index in [9.17, 15) is 26.3 Å². The molecule has 0 fully saturated rings. The van der Waals surface area contributed by atoms with Crippen LogP contribution in [0.3, 0.4) is 0 Å². The van der Waals surface area contributed by atoms with E-state index in [0.717, 1.165) is 30.7 Å². The minimum absolute atomic E-state index is 0.0708. The van der Waals surface area contributed by atoms with Gasteiger partial charge in [-0.25, -0.2) is 0 Å². The van der Waals surface area contributed by atoms with E-state index in [4.69, 9.17) is 0 Å².